The summed E-state index contributed by atoms with van der Waals surface area (Å²) in [4.78, 5) is 15.8. The second-order valence-corrected chi connectivity index (χ2v) is 4.54. The molecule has 0 saturated carbocycles. The van der Waals surface area contributed by atoms with Crippen LogP contribution in [0.25, 0.3) is 0 Å². The number of aromatic nitrogens is 1. The molecule has 0 radical (unpaired) electrons. The summed E-state index contributed by atoms with van der Waals surface area (Å²) in [6, 6.07) is 11.0. The maximum atomic E-state index is 11.8. The van der Waals surface area contributed by atoms with E-state index in [4.69, 9.17) is 10.5 Å². The van der Waals surface area contributed by atoms with Crippen LogP contribution in [0.2, 0.25) is 0 Å². The topological polar surface area (TPSA) is 77.2 Å². The second-order valence-electron chi connectivity index (χ2n) is 4.54. The Labute approximate surface area is 117 Å². The van der Waals surface area contributed by atoms with Crippen LogP contribution in [0.15, 0.2) is 36.4 Å². The number of carbonyl (C=O) groups is 1. The van der Waals surface area contributed by atoms with E-state index in [0.717, 1.165) is 16.9 Å². The van der Waals surface area contributed by atoms with Crippen molar-refractivity contribution in [1.82, 2.24) is 4.98 Å². The number of anilines is 2. The van der Waals surface area contributed by atoms with E-state index in [2.05, 4.69) is 10.3 Å². The highest BCUT2D eigenvalue weighted by Crippen LogP contribution is 2.18. The van der Waals surface area contributed by atoms with Gasteiger partial charge in [0, 0.05) is 11.4 Å². The number of nitrogens with one attached hydrogen (secondary N) is 1. The quantitative estimate of drug-likeness (QED) is 0.894. The zero-order valence-corrected chi connectivity index (χ0v) is 11.5. The second kappa shape index (κ2) is 6.06. The molecule has 5 nitrogen and oxygen atoms in total. The van der Waals surface area contributed by atoms with Gasteiger partial charge in [-0.3, -0.25) is 4.79 Å². The fourth-order valence-electron chi connectivity index (χ4n) is 1.66. The van der Waals surface area contributed by atoms with E-state index in [1.165, 1.54) is 0 Å². The maximum Gasteiger partial charge on any atom is 0.262 e. The third-order valence-electron chi connectivity index (χ3n) is 2.72. The molecule has 1 heterocycles. The fourth-order valence-corrected chi connectivity index (χ4v) is 1.66. The number of hydrogen-bond acceptors (Lipinski definition) is 4. The van der Waals surface area contributed by atoms with Crippen molar-refractivity contribution < 1.29 is 9.53 Å². The highest BCUT2D eigenvalue weighted by Gasteiger charge is 2.06. The van der Waals surface area contributed by atoms with Gasteiger partial charge in [0.05, 0.1) is 0 Å². The Kier molecular flexibility index (Phi) is 4.20. The molecule has 0 bridgehead atoms. The summed E-state index contributed by atoms with van der Waals surface area (Å²) in [6.07, 6.45) is 0. The molecule has 0 atom stereocenters. The average Bonchev–Trinajstić information content (AvgIpc) is 2.40. The number of nitrogens with two attached hydrogens (primary N) is 1. The molecule has 104 valence electrons. The van der Waals surface area contributed by atoms with Gasteiger partial charge in [0.25, 0.3) is 5.91 Å². The zero-order chi connectivity index (χ0) is 14.5. The number of hydrogen-bond donors (Lipinski definition) is 2. The normalized spacial score (nSPS) is 10.1. The lowest BCUT2D eigenvalue weighted by Gasteiger charge is -2.09. The molecule has 0 aliphatic rings. The minimum atomic E-state index is -0.242. The van der Waals surface area contributed by atoms with Crippen LogP contribution in [0.1, 0.15) is 11.3 Å². The highest BCUT2D eigenvalue weighted by atomic mass is 16.5. The van der Waals surface area contributed by atoms with Crippen molar-refractivity contribution in [2.75, 3.05) is 17.7 Å². The van der Waals surface area contributed by atoms with Crippen LogP contribution in [-0.4, -0.2) is 17.5 Å². The van der Waals surface area contributed by atoms with E-state index in [0.29, 0.717) is 5.75 Å². The minimum absolute atomic E-state index is 0.108. The lowest BCUT2D eigenvalue weighted by atomic mass is 10.2. The predicted octanol–water partition coefficient (Wildman–Crippen LogP) is 2.30. The third kappa shape index (κ3) is 3.71. The highest BCUT2D eigenvalue weighted by molar-refractivity contribution is 5.91. The molecule has 1 amide bonds. The van der Waals surface area contributed by atoms with E-state index in [1.807, 2.05) is 38.1 Å². The van der Waals surface area contributed by atoms with Gasteiger partial charge in [-0.05, 0) is 38.1 Å². The predicted molar refractivity (Wildman–Crippen MR) is 78.7 cm³/mol. The lowest BCUT2D eigenvalue weighted by molar-refractivity contribution is -0.118. The van der Waals surface area contributed by atoms with Crippen LogP contribution in [-0.2, 0) is 4.79 Å². The molecule has 0 unspecified atom stereocenters. The number of pyridine rings is 1. The molecule has 5 heteroatoms. The summed E-state index contributed by atoms with van der Waals surface area (Å²) in [5.74, 6) is 0.455. The number of rotatable bonds is 4. The number of nitrogen functional groups attached to an aromatic ring is 1. The molecule has 0 aliphatic carbocycles. The average molecular weight is 271 g/mol. The van der Waals surface area contributed by atoms with Gasteiger partial charge in [0.15, 0.2) is 18.2 Å². The van der Waals surface area contributed by atoms with Gasteiger partial charge in [-0.15, -0.1) is 0 Å². The van der Waals surface area contributed by atoms with Crippen molar-refractivity contribution in [3.05, 3.63) is 47.7 Å². The number of nitrogens with zero attached hydrogens (tertiary/aromatic N) is 1. The Morgan fingerprint density at radius 1 is 1.20 bits per heavy atom. The molecular formula is C15H17N3O2. The van der Waals surface area contributed by atoms with Gasteiger partial charge >= 0.3 is 0 Å². The van der Waals surface area contributed by atoms with Crippen molar-refractivity contribution in [1.29, 1.82) is 0 Å². The maximum absolute atomic E-state index is 11.8. The molecule has 0 fully saturated rings. The van der Waals surface area contributed by atoms with Gasteiger partial charge in [-0.25, -0.2) is 4.98 Å². The lowest BCUT2D eigenvalue weighted by Crippen LogP contribution is -2.20. The van der Waals surface area contributed by atoms with Gasteiger partial charge < -0.3 is 15.8 Å². The van der Waals surface area contributed by atoms with E-state index in [1.54, 1.807) is 12.1 Å². The van der Waals surface area contributed by atoms with Crippen LogP contribution in [0, 0.1) is 13.8 Å². The summed E-state index contributed by atoms with van der Waals surface area (Å²) in [7, 11) is 0. The molecule has 1 aromatic carbocycles. The molecule has 0 saturated heterocycles. The van der Waals surface area contributed by atoms with Crippen molar-refractivity contribution in [2.24, 2.45) is 0 Å². The molecule has 2 rings (SSSR count). The molecular weight excluding hydrogens is 254 g/mol. The first-order valence-electron chi connectivity index (χ1n) is 6.27. The summed E-state index contributed by atoms with van der Waals surface area (Å²) in [6.45, 7) is 3.72. The fraction of sp³-hybridized carbons (Fsp3) is 0.200. The summed E-state index contributed by atoms with van der Waals surface area (Å²) < 4.78 is 5.35. The van der Waals surface area contributed by atoms with Crippen molar-refractivity contribution >= 4 is 17.4 Å². The summed E-state index contributed by atoms with van der Waals surface area (Å²) in [5, 5.41) is 2.75. The van der Waals surface area contributed by atoms with E-state index < -0.39 is 0 Å². The monoisotopic (exact) mass is 271 g/mol. The van der Waals surface area contributed by atoms with E-state index in [-0.39, 0.29) is 18.3 Å². The number of carbonyl (C=O) groups excluding carboxylic acids is 1. The molecule has 0 spiro atoms. The molecule has 1 aromatic heterocycles. The smallest absolute Gasteiger partial charge is 0.262 e. The third-order valence-corrected chi connectivity index (χ3v) is 2.72. The van der Waals surface area contributed by atoms with Gasteiger partial charge in [-0.2, -0.15) is 0 Å². The Morgan fingerprint density at radius 2 is 1.90 bits per heavy atom. The van der Waals surface area contributed by atoms with Crippen molar-refractivity contribution in [3.8, 4) is 5.75 Å². The first-order valence-corrected chi connectivity index (χ1v) is 6.27. The number of ether oxygens (including phenoxy) is 1. The Morgan fingerprint density at radius 3 is 2.55 bits per heavy atom. The molecule has 0 aliphatic heterocycles. The van der Waals surface area contributed by atoms with Crippen LogP contribution >= 0.6 is 0 Å². The Hall–Kier alpha value is -2.56. The van der Waals surface area contributed by atoms with Crippen LogP contribution in [0.3, 0.4) is 0 Å². The molecule has 20 heavy (non-hydrogen) atoms. The first-order chi connectivity index (χ1) is 9.54. The van der Waals surface area contributed by atoms with Crippen LogP contribution in [0.5, 0.6) is 5.75 Å². The van der Waals surface area contributed by atoms with E-state index >= 15 is 0 Å². The van der Waals surface area contributed by atoms with Crippen molar-refractivity contribution in [3.63, 3.8) is 0 Å². The summed E-state index contributed by atoms with van der Waals surface area (Å²) in [5.41, 5.74) is 8.39. The Bertz CT molecular complexity index is 609. The largest absolute Gasteiger partial charge is 0.480 e. The zero-order valence-electron chi connectivity index (χ0n) is 11.5. The SMILES string of the molecule is Cc1ccc(NC(=O)COc2ccc(C)nc2N)cc1. The number of amides is 1. The number of aryl methyl sites for hydroxylation is 2. The minimum Gasteiger partial charge on any atom is -0.480 e. The van der Waals surface area contributed by atoms with Gasteiger partial charge in [-0.1, -0.05) is 17.7 Å². The summed E-state index contributed by atoms with van der Waals surface area (Å²) >= 11 is 0. The van der Waals surface area contributed by atoms with E-state index in [9.17, 15) is 4.79 Å². The first kappa shape index (κ1) is 13.9. The van der Waals surface area contributed by atoms with Gasteiger partial charge in [0.2, 0.25) is 0 Å². The van der Waals surface area contributed by atoms with Crippen LogP contribution < -0.4 is 15.8 Å². The van der Waals surface area contributed by atoms with Crippen LogP contribution in [0.4, 0.5) is 11.5 Å². The molecule has 3 N–H and O–H groups in total. The standard InChI is InChI=1S/C15H17N3O2/c1-10-3-6-12(7-4-10)18-14(19)9-20-13-8-5-11(2)17-15(13)16/h3-8H,9H2,1-2H3,(H2,16,17)(H,18,19). The Balaban J connectivity index is 1.90. The number of benzene rings is 1. The van der Waals surface area contributed by atoms with Crippen molar-refractivity contribution in [2.45, 2.75) is 13.8 Å². The molecule has 2 aromatic rings. The van der Waals surface area contributed by atoms with Gasteiger partial charge in [0.1, 0.15) is 0 Å².